The van der Waals surface area contributed by atoms with Crippen molar-refractivity contribution in [3.05, 3.63) is 69.6 Å². The summed E-state index contributed by atoms with van der Waals surface area (Å²) in [4.78, 5) is 14.3. The number of carbonyl (C=O) groups is 1. The van der Waals surface area contributed by atoms with Gasteiger partial charge in [0.05, 0.1) is 16.3 Å². The van der Waals surface area contributed by atoms with Crippen LogP contribution in [0.4, 0.5) is 10.1 Å². The Morgan fingerprint density at radius 1 is 1.28 bits per heavy atom. The minimum atomic E-state index is -0.430. The van der Waals surface area contributed by atoms with Gasteiger partial charge < -0.3 is 9.88 Å². The van der Waals surface area contributed by atoms with E-state index in [0.29, 0.717) is 11.3 Å². The molecular weight excluding hydrogens is 379 g/mol. The van der Waals surface area contributed by atoms with Crippen LogP contribution in [0.3, 0.4) is 0 Å². The molecule has 0 aliphatic carbocycles. The molecule has 3 nitrogen and oxygen atoms in total. The highest BCUT2D eigenvalue weighted by Gasteiger charge is 2.26. The Bertz CT molecular complexity index is 937. The Balaban J connectivity index is 1.75. The number of anilines is 1. The van der Waals surface area contributed by atoms with Gasteiger partial charge in [0.15, 0.2) is 0 Å². The number of halogens is 2. The van der Waals surface area contributed by atoms with Gasteiger partial charge >= 0.3 is 0 Å². The van der Waals surface area contributed by atoms with E-state index < -0.39 is 5.82 Å². The van der Waals surface area contributed by atoms with E-state index in [2.05, 4.69) is 5.32 Å². The van der Waals surface area contributed by atoms with E-state index in [9.17, 15) is 9.18 Å². The number of nitrogens with one attached hydrogen (secondary N) is 1. The second kappa shape index (κ2) is 6.86. The number of aromatic nitrogens is 1. The zero-order chi connectivity index (χ0) is 17.4. The summed E-state index contributed by atoms with van der Waals surface area (Å²) in [6.07, 6.45) is 4.75. The summed E-state index contributed by atoms with van der Waals surface area (Å²) >= 11 is 9.59. The lowest BCUT2D eigenvalue weighted by atomic mass is 10.1. The number of hydrogen-bond donors (Lipinski definition) is 1. The fraction of sp³-hybridized carbons (Fsp3) is 0.167. The lowest BCUT2D eigenvalue weighted by molar-refractivity contribution is 0.102. The number of thiophene rings is 1. The van der Waals surface area contributed by atoms with Gasteiger partial charge in [-0.2, -0.15) is 11.8 Å². The fourth-order valence-corrected chi connectivity index (χ4v) is 5.54. The topological polar surface area (TPSA) is 34.0 Å². The first-order chi connectivity index (χ1) is 12.1. The molecule has 0 atom stereocenters. The van der Waals surface area contributed by atoms with Crippen LogP contribution in [0.25, 0.3) is 5.00 Å². The van der Waals surface area contributed by atoms with Crippen LogP contribution in [-0.4, -0.2) is 16.2 Å². The van der Waals surface area contributed by atoms with Crippen LogP contribution in [0.1, 0.15) is 20.8 Å². The van der Waals surface area contributed by atoms with Gasteiger partial charge in [-0.25, -0.2) is 4.39 Å². The van der Waals surface area contributed by atoms with Gasteiger partial charge in [0.1, 0.15) is 10.8 Å². The first-order valence-corrected chi connectivity index (χ1v) is 10.1. The SMILES string of the molecule is O=C(Nc1ccc(F)cc1Cl)c1c(-n2cccc2)sc2c1CCSC2. The number of fused-ring (bicyclic) bond motifs is 1. The van der Waals surface area contributed by atoms with Gasteiger partial charge in [0, 0.05) is 23.0 Å². The van der Waals surface area contributed by atoms with E-state index in [1.54, 1.807) is 11.3 Å². The average molecular weight is 393 g/mol. The van der Waals surface area contributed by atoms with E-state index in [4.69, 9.17) is 11.6 Å². The number of carbonyl (C=O) groups excluding carboxylic acids is 1. The molecule has 1 aromatic carbocycles. The molecule has 0 fully saturated rings. The molecule has 0 radical (unpaired) electrons. The Kier molecular flexibility index (Phi) is 4.58. The van der Waals surface area contributed by atoms with Crippen LogP contribution < -0.4 is 5.32 Å². The second-order valence-electron chi connectivity index (χ2n) is 5.66. The summed E-state index contributed by atoms with van der Waals surface area (Å²) < 4.78 is 15.2. The van der Waals surface area contributed by atoms with E-state index in [1.807, 2.05) is 40.9 Å². The van der Waals surface area contributed by atoms with Gasteiger partial charge in [0.25, 0.3) is 5.91 Å². The fourth-order valence-electron chi connectivity index (χ4n) is 2.88. The summed E-state index contributed by atoms with van der Waals surface area (Å²) in [5, 5.41) is 3.94. The van der Waals surface area contributed by atoms with Crippen molar-refractivity contribution >= 4 is 46.3 Å². The molecule has 0 unspecified atom stereocenters. The molecule has 0 saturated heterocycles. The quantitative estimate of drug-likeness (QED) is 0.649. The molecule has 4 rings (SSSR count). The van der Waals surface area contributed by atoms with Gasteiger partial charge in [-0.15, -0.1) is 11.3 Å². The molecule has 3 heterocycles. The highest BCUT2D eigenvalue weighted by molar-refractivity contribution is 7.98. The Hall–Kier alpha value is -1.76. The highest BCUT2D eigenvalue weighted by Crippen LogP contribution is 2.39. The van der Waals surface area contributed by atoms with Gasteiger partial charge in [0.2, 0.25) is 0 Å². The average Bonchev–Trinajstić information content (AvgIpc) is 3.24. The smallest absolute Gasteiger partial charge is 0.259 e. The van der Waals surface area contributed by atoms with Gasteiger partial charge in [-0.3, -0.25) is 4.79 Å². The molecule has 1 aliphatic heterocycles. The summed E-state index contributed by atoms with van der Waals surface area (Å²) in [5.74, 6) is 1.30. The van der Waals surface area contributed by atoms with Crippen LogP contribution in [0.15, 0.2) is 42.7 Å². The van der Waals surface area contributed by atoms with Crippen molar-refractivity contribution in [2.75, 3.05) is 11.1 Å². The standard InChI is InChI=1S/C18H14ClFN2OS2/c19-13-9-11(20)3-4-14(13)21-17(23)16-12-5-8-24-10-15(12)25-18(16)22-6-1-2-7-22/h1-4,6-7,9H,5,8,10H2,(H,21,23). The summed E-state index contributed by atoms with van der Waals surface area (Å²) in [7, 11) is 0. The maximum Gasteiger partial charge on any atom is 0.259 e. The molecule has 0 spiro atoms. The monoisotopic (exact) mass is 392 g/mol. The molecule has 1 amide bonds. The molecule has 1 N–H and O–H groups in total. The van der Waals surface area contributed by atoms with Crippen LogP contribution in [0.2, 0.25) is 5.02 Å². The van der Waals surface area contributed by atoms with E-state index in [0.717, 1.165) is 28.5 Å². The van der Waals surface area contributed by atoms with Crippen molar-refractivity contribution in [1.29, 1.82) is 0 Å². The molecule has 3 aromatic rings. The molecule has 2 aromatic heterocycles. The third-order valence-corrected chi connectivity index (χ3v) is 6.77. The van der Waals surface area contributed by atoms with Crippen molar-refractivity contribution in [1.82, 2.24) is 4.57 Å². The maximum atomic E-state index is 13.2. The molecule has 1 aliphatic rings. The predicted octanol–water partition coefficient (Wildman–Crippen LogP) is 5.37. The van der Waals surface area contributed by atoms with Crippen LogP contribution in [0, 0.1) is 5.82 Å². The third kappa shape index (κ3) is 3.21. The van der Waals surface area contributed by atoms with E-state index in [1.165, 1.54) is 23.1 Å². The highest BCUT2D eigenvalue weighted by atomic mass is 35.5. The Labute approximate surface area is 157 Å². The van der Waals surface area contributed by atoms with E-state index in [-0.39, 0.29) is 10.9 Å². The maximum absolute atomic E-state index is 13.2. The summed E-state index contributed by atoms with van der Waals surface area (Å²) in [6.45, 7) is 0. The normalized spacial score (nSPS) is 13.5. The molecular formula is C18H14ClFN2OS2. The number of hydrogen-bond acceptors (Lipinski definition) is 3. The molecule has 0 bridgehead atoms. The van der Waals surface area contributed by atoms with Gasteiger partial charge in [-0.1, -0.05) is 11.6 Å². The minimum Gasteiger partial charge on any atom is -0.321 e. The first-order valence-electron chi connectivity index (χ1n) is 7.75. The Morgan fingerprint density at radius 3 is 2.84 bits per heavy atom. The second-order valence-corrected chi connectivity index (χ2v) is 8.25. The van der Waals surface area contributed by atoms with Crippen LogP contribution in [-0.2, 0) is 12.2 Å². The van der Waals surface area contributed by atoms with Crippen molar-refractivity contribution in [2.24, 2.45) is 0 Å². The van der Waals surface area contributed by atoms with Crippen molar-refractivity contribution in [3.8, 4) is 5.00 Å². The van der Waals surface area contributed by atoms with Crippen molar-refractivity contribution < 1.29 is 9.18 Å². The van der Waals surface area contributed by atoms with Crippen LogP contribution >= 0.6 is 34.7 Å². The number of benzene rings is 1. The predicted molar refractivity (Wildman–Crippen MR) is 103 cm³/mol. The summed E-state index contributed by atoms with van der Waals surface area (Å²) in [5.41, 5.74) is 2.22. The lowest BCUT2D eigenvalue weighted by Crippen LogP contribution is -2.17. The lowest BCUT2D eigenvalue weighted by Gasteiger charge is -2.13. The minimum absolute atomic E-state index is 0.190. The number of rotatable bonds is 3. The number of amides is 1. The number of thioether (sulfide) groups is 1. The molecule has 25 heavy (non-hydrogen) atoms. The van der Waals surface area contributed by atoms with E-state index >= 15 is 0 Å². The molecule has 7 heteroatoms. The number of nitrogens with zero attached hydrogens (tertiary/aromatic N) is 1. The van der Waals surface area contributed by atoms with Crippen molar-refractivity contribution in [2.45, 2.75) is 12.2 Å². The third-order valence-electron chi connectivity index (χ3n) is 4.05. The molecule has 128 valence electrons. The first kappa shape index (κ1) is 16.7. The van der Waals surface area contributed by atoms with Crippen LogP contribution in [0.5, 0.6) is 0 Å². The summed E-state index contributed by atoms with van der Waals surface area (Å²) in [6, 6.07) is 7.84. The zero-order valence-electron chi connectivity index (χ0n) is 13.1. The molecule has 0 saturated carbocycles. The van der Waals surface area contributed by atoms with Gasteiger partial charge in [-0.05, 0) is 48.1 Å². The van der Waals surface area contributed by atoms with Crippen molar-refractivity contribution in [3.63, 3.8) is 0 Å². The largest absolute Gasteiger partial charge is 0.321 e. The zero-order valence-corrected chi connectivity index (χ0v) is 15.5. The Morgan fingerprint density at radius 2 is 2.08 bits per heavy atom.